The third kappa shape index (κ3) is 5.58. The summed E-state index contributed by atoms with van der Waals surface area (Å²) < 4.78 is 6.06. The highest BCUT2D eigenvalue weighted by Gasteiger charge is 2.12. The van der Waals surface area contributed by atoms with E-state index in [0.717, 1.165) is 34.5 Å². The topological polar surface area (TPSA) is 73.3 Å². The third-order valence-corrected chi connectivity index (χ3v) is 5.91. The van der Waals surface area contributed by atoms with E-state index in [1.165, 1.54) is 38.8 Å². The van der Waals surface area contributed by atoms with Crippen LogP contribution in [0.4, 0.5) is 11.4 Å². The van der Waals surface area contributed by atoms with E-state index in [0.29, 0.717) is 11.4 Å². The largest absolute Gasteiger partial charge is 0.492 e. The number of ether oxygens (including phenoxy) is 1. The smallest absolute Gasteiger partial charge is 0.133 e. The van der Waals surface area contributed by atoms with Crippen molar-refractivity contribution in [3.63, 3.8) is 0 Å². The molecule has 5 N–H and O–H groups in total. The molecule has 2 aromatic rings. The van der Waals surface area contributed by atoms with Gasteiger partial charge in [0.25, 0.3) is 0 Å². The van der Waals surface area contributed by atoms with Gasteiger partial charge in [0.1, 0.15) is 5.75 Å². The zero-order valence-electron chi connectivity index (χ0n) is 15.2. The molecule has 1 fully saturated rings. The summed E-state index contributed by atoms with van der Waals surface area (Å²) in [5.74, 6) is 1.84. The molecule has 5 heteroatoms. The second-order valence-corrected chi connectivity index (χ2v) is 7.99. The molecule has 0 bridgehead atoms. The number of anilines is 2. The lowest BCUT2D eigenvalue weighted by atomic mass is 9.93. The van der Waals surface area contributed by atoms with Gasteiger partial charge in [-0.05, 0) is 75.0 Å². The van der Waals surface area contributed by atoms with Gasteiger partial charge < -0.3 is 21.5 Å². The fourth-order valence-corrected chi connectivity index (χ4v) is 4.23. The monoisotopic (exact) mass is 371 g/mol. The summed E-state index contributed by atoms with van der Waals surface area (Å²) in [6.45, 7) is 3.13. The lowest BCUT2D eigenvalue weighted by Crippen LogP contribution is -2.27. The Kier molecular flexibility index (Phi) is 7.09. The van der Waals surface area contributed by atoms with Crippen LogP contribution in [0, 0.1) is 5.92 Å². The van der Waals surface area contributed by atoms with E-state index in [9.17, 15) is 0 Å². The first-order valence-corrected chi connectivity index (χ1v) is 10.3. The third-order valence-electron chi connectivity index (χ3n) is 4.86. The molecule has 0 unspecified atom stereocenters. The van der Waals surface area contributed by atoms with Crippen LogP contribution < -0.4 is 21.5 Å². The number of rotatable bonds is 8. The second-order valence-electron chi connectivity index (χ2n) is 6.88. The van der Waals surface area contributed by atoms with Crippen molar-refractivity contribution in [1.82, 2.24) is 5.32 Å². The lowest BCUT2D eigenvalue weighted by Gasteiger charge is -2.22. The Morgan fingerprint density at radius 3 is 2.62 bits per heavy atom. The molecule has 2 aromatic carbocycles. The Bertz CT molecular complexity index is 701. The summed E-state index contributed by atoms with van der Waals surface area (Å²) in [6, 6.07) is 13.9. The highest BCUT2D eigenvalue weighted by atomic mass is 32.2. The van der Waals surface area contributed by atoms with Crippen LogP contribution in [0.2, 0.25) is 0 Å². The Hall–Kier alpha value is -1.85. The van der Waals surface area contributed by atoms with Crippen LogP contribution in [0.15, 0.2) is 52.3 Å². The molecule has 0 aliphatic carbocycles. The van der Waals surface area contributed by atoms with Gasteiger partial charge in [0.05, 0.1) is 22.9 Å². The zero-order valence-corrected chi connectivity index (χ0v) is 16.1. The van der Waals surface area contributed by atoms with Gasteiger partial charge in [0.2, 0.25) is 0 Å². The van der Waals surface area contributed by atoms with Gasteiger partial charge in [-0.25, -0.2) is 0 Å². The Labute approximate surface area is 160 Å². The molecule has 1 aliphatic heterocycles. The highest BCUT2D eigenvalue weighted by Crippen LogP contribution is 2.36. The van der Waals surface area contributed by atoms with Crippen LogP contribution in [-0.2, 0) is 0 Å². The summed E-state index contributed by atoms with van der Waals surface area (Å²) in [5, 5.41) is 3.43. The molecule has 4 nitrogen and oxygen atoms in total. The minimum Gasteiger partial charge on any atom is -0.492 e. The number of nitrogens with one attached hydrogen (secondary N) is 1. The zero-order chi connectivity index (χ0) is 18.2. The first-order valence-electron chi connectivity index (χ1n) is 9.48. The minimum atomic E-state index is 0.617. The highest BCUT2D eigenvalue weighted by molar-refractivity contribution is 7.99. The summed E-state index contributed by atoms with van der Waals surface area (Å²) in [7, 11) is 0. The minimum absolute atomic E-state index is 0.617. The standard InChI is InChI=1S/C21H29N3OS/c22-18-9-8-17(15-19(18)23)26-21-7-2-1-6-20(21)25-14-4-3-5-16-10-12-24-13-11-16/h1-2,6-9,15-16,24H,3-5,10-14,22-23H2. The van der Waals surface area contributed by atoms with Gasteiger partial charge in [-0.15, -0.1) is 0 Å². The van der Waals surface area contributed by atoms with Crippen molar-refractivity contribution in [3.05, 3.63) is 42.5 Å². The summed E-state index contributed by atoms with van der Waals surface area (Å²) in [4.78, 5) is 2.17. The van der Waals surface area contributed by atoms with E-state index >= 15 is 0 Å². The Balaban J connectivity index is 1.48. The maximum Gasteiger partial charge on any atom is 0.133 e. The first-order chi connectivity index (χ1) is 12.7. The van der Waals surface area contributed by atoms with Gasteiger partial charge in [-0.1, -0.05) is 30.3 Å². The summed E-state index contributed by atoms with van der Waals surface area (Å²) in [5.41, 5.74) is 12.9. The van der Waals surface area contributed by atoms with Crippen molar-refractivity contribution >= 4 is 23.1 Å². The van der Waals surface area contributed by atoms with Crippen molar-refractivity contribution in [1.29, 1.82) is 0 Å². The lowest BCUT2D eigenvalue weighted by molar-refractivity contribution is 0.283. The van der Waals surface area contributed by atoms with E-state index in [1.54, 1.807) is 11.8 Å². The van der Waals surface area contributed by atoms with Gasteiger partial charge in [-0.2, -0.15) is 0 Å². The van der Waals surface area contributed by atoms with E-state index in [4.69, 9.17) is 16.2 Å². The van der Waals surface area contributed by atoms with Crippen molar-refractivity contribution in [2.45, 2.75) is 41.9 Å². The van der Waals surface area contributed by atoms with E-state index in [1.807, 2.05) is 36.4 Å². The summed E-state index contributed by atoms with van der Waals surface area (Å²) in [6.07, 6.45) is 6.33. The predicted molar refractivity (Wildman–Crippen MR) is 111 cm³/mol. The van der Waals surface area contributed by atoms with Crippen molar-refractivity contribution in [2.24, 2.45) is 5.92 Å². The number of piperidine rings is 1. The fourth-order valence-electron chi connectivity index (χ4n) is 3.28. The molecule has 0 radical (unpaired) electrons. The number of nitrogen functional groups attached to an aromatic ring is 2. The van der Waals surface area contributed by atoms with Crippen LogP contribution >= 0.6 is 11.8 Å². The fraction of sp³-hybridized carbons (Fsp3) is 0.429. The molecule has 1 saturated heterocycles. The number of para-hydroxylation sites is 1. The average Bonchev–Trinajstić information content (AvgIpc) is 2.66. The van der Waals surface area contributed by atoms with Gasteiger partial charge in [-0.3, -0.25) is 0 Å². The molecule has 0 saturated carbocycles. The summed E-state index contributed by atoms with van der Waals surface area (Å²) >= 11 is 1.66. The molecule has 26 heavy (non-hydrogen) atoms. The van der Waals surface area contributed by atoms with Crippen LogP contribution in [-0.4, -0.2) is 19.7 Å². The molecule has 1 aliphatic rings. The molecule has 0 amide bonds. The van der Waals surface area contributed by atoms with Crippen molar-refractivity contribution in [2.75, 3.05) is 31.2 Å². The Morgan fingerprint density at radius 1 is 1.00 bits per heavy atom. The number of hydrogen-bond donors (Lipinski definition) is 3. The number of nitrogens with two attached hydrogens (primary N) is 2. The average molecular weight is 372 g/mol. The molecular formula is C21H29N3OS. The van der Waals surface area contributed by atoms with E-state index in [-0.39, 0.29) is 0 Å². The second kappa shape index (κ2) is 9.74. The SMILES string of the molecule is Nc1ccc(Sc2ccccc2OCCCCC2CCNCC2)cc1N. The maximum absolute atomic E-state index is 6.06. The van der Waals surface area contributed by atoms with Crippen LogP contribution in [0.1, 0.15) is 32.1 Å². The van der Waals surface area contributed by atoms with Crippen LogP contribution in [0.5, 0.6) is 5.75 Å². The van der Waals surface area contributed by atoms with Crippen molar-refractivity contribution in [3.8, 4) is 5.75 Å². The molecular weight excluding hydrogens is 342 g/mol. The number of benzene rings is 2. The predicted octanol–water partition coefficient (Wildman–Crippen LogP) is 4.55. The van der Waals surface area contributed by atoms with E-state index < -0.39 is 0 Å². The maximum atomic E-state index is 6.06. The van der Waals surface area contributed by atoms with Crippen molar-refractivity contribution < 1.29 is 4.74 Å². The first kappa shape index (κ1) is 18.9. The van der Waals surface area contributed by atoms with Gasteiger partial charge in [0.15, 0.2) is 0 Å². The molecule has 0 spiro atoms. The van der Waals surface area contributed by atoms with E-state index in [2.05, 4.69) is 11.4 Å². The molecule has 1 heterocycles. The molecule has 3 rings (SSSR count). The quantitative estimate of drug-likeness (QED) is 0.469. The van der Waals surface area contributed by atoms with Gasteiger partial charge in [0, 0.05) is 4.90 Å². The van der Waals surface area contributed by atoms with Crippen LogP contribution in [0.25, 0.3) is 0 Å². The van der Waals surface area contributed by atoms with Gasteiger partial charge >= 0.3 is 0 Å². The molecule has 0 atom stereocenters. The molecule has 0 aromatic heterocycles. The number of hydrogen-bond acceptors (Lipinski definition) is 5. The molecule has 140 valence electrons. The number of unbranched alkanes of at least 4 members (excludes halogenated alkanes) is 1. The normalized spacial score (nSPS) is 15.1. The van der Waals surface area contributed by atoms with Crippen LogP contribution in [0.3, 0.4) is 0 Å². The Morgan fingerprint density at radius 2 is 1.81 bits per heavy atom.